The topological polar surface area (TPSA) is 21.3 Å². The van der Waals surface area contributed by atoms with Gasteiger partial charge in [-0.25, -0.2) is 8.78 Å². The summed E-state index contributed by atoms with van der Waals surface area (Å²) in [5.74, 6) is -1.12. The molecule has 5 heteroatoms. The Morgan fingerprint density at radius 3 is 2.30 bits per heavy atom. The first-order valence-electron chi connectivity index (χ1n) is 6.02. The highest BCUT2D eigenvalue weighted by Gasteiger charge is 2.22. The zero-order chi connectivity index (χ0) is 14.7. The van der Waals surface area contributed by atoms with Gasteiger partial charge < -0.3 is 10.1 Å². The van der Waals surface area contributed by atoms with Crippen molar-refractivity contribution in [2.45, 2.75) is 6.04 Å². The number of hydrogen-bond donors (Lipinski definition) is 1. The van der Waals surface area contributed by atoms with E-state index in [1.807, 2.05) is 24.3 Å². The van der Waals surface area contributed by atoms with Crippen LogP contribution in [0.25, 0.3) is 0 Å². The van der Waals surface area contributed by atoms with Gasteiger partial charge in [-0.05, 0) is 24.7 Å². The maximum atomic E-state index is 14.1. The van der Waals surface area contributed by atoms with Crippen molar-refractivity contribution in [3.63, 3.8) is 0 Å². The molecule has 0 saturated carbocycles. The average molecular weight is 342 g/mol. The van der Waals surface area contributed by atoms with Crippen molar-refractivity contribution in [1.82, 2.24) is 5.32 Å². The molecule has 2 nitrogen and oxygen atoms in total. The summed E-state index contributed by atoms with van der Waals surface area (Å²) >= 11 is 3.36. The van der Waals surface area contributed by atoms with E-state index in [2.05, 4.69) is 21.2 Å². The van der Waals surface area contributed by atoms with E-state index in [1.165, 1.54) is 19.2 Å². The fourth-order valence-electron chi connectivity index (χ4n) is 2.12. The van der Waals surface area contributed by atoms with E-state index < -0.39 is 17.7 Å². The van der Waals surface area contributed by atoms with Crippen LogP contribution in [0.2, 0.25) is 0 Å². The summed E-state index contributed by atoms with van der Waals surface area (Å²) in [6.45, 7) is 0. The highest BCUT2D eigenvalue weighted by Crippen LogP contribution is 2.30. The van der Waals surface area contributed by atoms with Crippen LogP contribution >= 0.6 is 15.9 Å². The molecular formula is C15H14BrF2NO. The fraction of sp³-hybridized carbons (Fsp3) is 0.200. The van der Waals surface area contributed by atoms with Crippen molar-refractivity contribution in [1.29, 1.82) is 0 Å². The minimum atomic E-state index is -0.638. The van der Waals surface area contributed by atoms with Crippen molar-refractivity contribution in [3.8, 4) is 5.75 Å². The number of hydrogen-bond acceptors (Lipinski definition) is 2. The first kappa shape index (κ1) is 14.9. The van der Waals surface area contributed by atoms with Gasteiger partial charge in [0.2, 0.25) is 0 Å². The largest absolute Gasteiger partial charge is 0.497 e. The van der Waals surface area contributed by atoms with Crippen LogP contribution in [0.1, 0.15) is 17.2 Å². The number of benzene rings is 2. The molecule has 0 spiro atoms. The summed E-state index contributed by atoms with van der Waals surface area (Å²) in [5.41, 5.74) is 0.747. The smallest absolute Gasteiger partial charge is 0.134 e. The molecule has 0 fully saturated rings. The summed E-state index contributed by atoms with van der Waals surface area (Å²) in [4.78, 5) is 0. The molecule has 20 heavy (non-hydrogen) atoms. The molecule has 0 radical (unpaired) electrons. The van der Waals surface area contributed by atoms with Crippen molar-refractivity contribution in [2.75, 3.05) is 14.2 Å². The molecule has 0 aliphatic heterocycles. The number of methoxy groups -OCH3 is 1. The number of ether oxygens (including phenoxy) is 1. The summed E-state index contributed by atoms with van der Waals surface area (Å²) in [6, 6.07) is 9.11. The Labute approximate surface area is 124 Å². The van der Waals surface area contributed by atoms with Crippen molar-refractivity contribution in [2.24, 2.45) is 0 Å². The van der Waals surface area contributed by atoms with Crippen LogP contribution in [-0.2, 0) is 0 Å². The van der Waals surface area contributed by atoms with Crippen molar-refractivity contribution < 1.29 is 13.5 Å². The van der Waals surface area contributed by atoms with Crippen molar-refractivity contribution >= 4 is 15.9 Å². The van der Waals surface area contributed by atoms with Crippen LogP contribution in [-0.4, -0.2) is 14.2 Å². The average Bonchev–Trinajstić information content (AvgIpc) is 2.42. The molecule has 106 valence electrons. The lowest BCUT2D eigenvalue weighted by molar-refractivity contribution is 0.403. The van der Waals surface area contributed by atoms with Crippen LogP contribution in [0.3, 0.4) is 0 Å². The lowest BCUT2D eigenvalue weighted by atomic mass is 9.97. The van der Waals surface area contributed by atoms with E-state index in [0.29, 0.717) is 0 Å². The Balaban J connectivity index is 2.52. The van der Waals surface area contributed by atoms with Gasteiger partial charge in [-0.1, -0.05) is 28.1 Å². The highest BCUT2D eigenvalue weighted by molar-refractivity contribution is 9.10. The first-order chi connectivity index (χ1) is 9.56. The maximum Gasteiger partial charge on any atom is 0.134 e. The second-order valence-electron chi connectivity index (χ2n) is 4.28. The van der Waals surface area contributed by atoms with Gasteiger partial charge in [-0.3, -0.25) is 0 Å². The fourth-order valence-corrected chi connectivity index (χ4v) is 2.54. The van der Waals surface area contributed by atoms with Gasteiger partial charge in [0.15, 0.2) is 0 Å². The molecule has 0 amide bonds. The Kier molecular flexibility index (Phi) is 4.73. The molecule has 1 atom stereocenters. The molecule has 0 heterocycles. The standard InChI is InChI=1S/C15H14BrF2NO/c1-19-15(9-4-3-5-10(16)6-9)14-12(17)7-11(20-2)8-13(14)18/h3-8,15,19H,1-2H3. The Hall–Kier alpha value is -1.46. The van der Waals surface area contributed by atoms with Crippen LogP contribution in [0, 0.1) is 11.6 Å². The van der Waals surface area contributed by atoms with Gasteiger partial charge in [0.05, 0.1) is 13.2 Å². The van der Waals surface area contributed by atoms with Gasteiger partial charge in [-0.15, -0.1) is 0 Å². The summed E-state index contributed by atoms with van der Waals surface area (Å²) in [5, 5.41) is 2.94. The molecule has 2 aromatic rings. The molecule has 0 aliphatic carbocycles. The van der Waals surface area contributed by atoms with E-state index in [0.717, 1.165) is 10.0 Å². The molecule has 2 aromatic carbocycles. The Morgan fingerprint density at radius 1 is 1.15 bits per heavy atom. The minimum Gasteiger partial charge on any atom is -0.497 e. The van der Waals surface area contributed by atoms with Gasteiger partial charge >= 0.3 is 0 Å². The third-order valence-corrected chi connectivity index (χ3v) is 3.54. The summed E-state index contributed by atoms with van der Waals surface area (Å²) < 4.78 is 34.0. The molecule has 0 aliphatic rings. The zero-order valence-corrected chi connectivity index (χ0v) is 12.7. The van der Waals surface area contributed by atoms with Crippen LogP contribution in [0.15, 0.2) is 40.9 Å². The zero-order valence-electron chi connectivity index (χ0n) is 11.1. The normalized spacial score (nSPS) is 12.2. The second kappa shape index (κ2) is 6.33. The van der Waals surface area contributed by atoms with E-state index in [9.17, 15) is 8.78 Å². The molecule has 0 saturated heterocycles. The third kappa shape index (κ3) is 2.99. The maximum absolute atomic E-state index is 14.1. The summed E-state index contributed by atoms with van der Waals surface area (Å²) in [7, 11) is 3.03. The van der Waals surface area contributed by atoms with E-state index in [1.54, 1.807) is 7.05 Å². The predicted octanol–water partition coefficient (Wildman–Crippen LogP) is 4.04. The number of nitrogens with one attached hydrogen (secondary N) is 1. The Bertz CT molecular complexity index is 596. The monoisotopic (exact) mass is 341 g/mol. The van der Waals surface area contributed by atoms with Crippen LogP contribution in [0.4, 0.5) is 8.78 Å². The van der Waals surface area contributed by atoms with Gasteiger partial charge in [0.1, 0.15) is 17.4 Å². The molecule has 1 unspecified atom stereocenters. The molecular weight excluding hydrogens is 328 g/mol. The minimum absolute atomic E-state index is 0.0219. The second-order valence-corrected chi connectivity index (χ2v) is 5.20. The molecule has 2 rings (SSSR count). The molecule has 0 bridgehead atoms. The molecule has 0 aromatic heterocycles. The van der Waals surface area contributed by atoms with E-state index >= 15 is 0 Å². The Morgan fingerprint density at radius 2 is 1.80 bits per heavy atom. The van der Waals surface area contributed by atoms with Gasteiger partial charge in [0, 0.05) is 22.2 Å². The van der Waals surface area contributed by atoms with Crippen molar-refractivity contribution in [3.05, 3.63) is 63.6 Å². The predicted molar refractivity (Wildman–Crippen MR) is 78.0 cm³/mol. The van der Waals surface area contributed by atoms with Crippen LogP contribution < -0.4 is 10.1 Å². The van der Waals surface area contributed by atoms with Gasteiger partial charge in [-0.2, -0.15) is 0 Å². The van der Waals surface area contributed by atoms with Crippen LogP contribution in [0.5, 0.6) is 5.75 Å². The lowest BCUT2D eigenvalue weighted by Gasteiger charge is -2.19. The number of halogens is 3. The first-order valence-corrected chi connectivity index (χ1v) is 6.81. The summed E-state index contributed by atoms with van der Waals surface area (Å²) in [6.07, 6.45) is 0. The number of rotatable bonds is 4. The van der Waals surface area contributed by atoms with Gasteiger partial charge in [0.25, 0.3) is 0 Å². The van der Waals surface area contributed by atoms with E-state index in [-0.39, 0.29) is 11.3 Å². The lowest BCUT2D eigenvalue weighted by Crippen LogP contribution is -2.20. The quantitative estimate of drug-likeness (QED) is 0.905. The third-order valence-electron chi connectivity index (χ3n) is 3.05. The highest BCUT2D eigenvalue weighted by atomic mass is 79.9. The molecule has 1 N–H and O–H groups in total. The SMILES string of the molecule is CNC(c1cccc(Br)c1)c1c(F)cc(OC)cc1F. The van der Waals surface area contributed by atoms with E-state index in [4.69, 9.17) is 4.74 Å².